The van der Waals surface area contributed by atoms with Crippen LogP contribution in [0.1, 0.15) is 11.3 Å². The molecule has 0 atom stereocenters. The van der Waals surface area contributed by atoms with Gasteiger partial charge in [0.15, 0.2) is 5.75 Å². The van der Waals surface area contributed by atoms with Crippen LogP contribution >= 0.6 is 23.4 Å². The number of hydrogen-bond donors (Lipinski definition) is 1. The van der Waals surface area contributed by atoms with Crippen molar-refractivity contribution in [3.63, 3.8) is 0 Å². The summed E-state index contributed by atoms with van der Waals surface area (Å²) in [5.41, 5.74) is 1.90. The first-order valence-electron chi connectivity index (χ1n) is 8.56. The number of aryl methyl sites for hydroxylation is 2. The minimum Gasteiger partial charge on any atom is -0.491 e. The van der Waals surface area contributed by atoms with Crippen LogP contribution in [0.15, 0.2) is 40.4 Å². The minimum atomic E-state index is -0.263. The van der Waals surface area contributed by atoms with E-state index in [9.17, 15) is 9.59 Å². The Labute approximate surface area is 176 Å². The maximum atomic E-state index is 12.6. The fourth-order valence-corrected chi connectivity index (χ4v) is 3.55. The zero-order chi connectivity index (χ0) is 21.0. The zero-order valence-corrected chi connectivity index (χ0v) is 17.6. The standard InChI is InChI=1S/C18H19ClN6O3S/c1-11-4-5-12(6-14(11)19)20-17(27)9-25-8-16(28-3)15(26)7-13(25)10-29-18-21-22-23-24(18)2/h4-8H,9-10H2,1-3H3,(H,20,27). The lowest BCUT2D eigenvalue weighted by Crippen LogP contribution is -2.22. The molecule has 1 aromatic carbocycles. The number of anilines is 1. The van der Waals surface area contributed by atoms with Crippen LogP contribution in [-0.4, -0.2) is 37.8 Å². The molecule has 0 aliphatic heterocycles. The third-order valence-electron chi connectivity index (χ3n) is 4.10. The summed E-state index contributed by atoms with van der Waals surface area (Å²) in [7, 11) is 3.14. The van der Waals surface area contributed by atoms with E-state index in [4.69, 9.17) is 16.3 Å². The average molecular weight is 435 g/mol. The fourth-order valence-electron chi connectivity index (χ4n) is 2.53. The van der Waals surface area contributed by atoms with Crippen molar-refractivity contribution >= 4 is 35.0 Å². The first-order chi connectivity index (χ1) is 13.9. The molecule has 0 aliphatic carbocycles. The van der Waals surface area contributed by atoms with Crippen LogP contribution in [0, 0.1) is 6.92 Å². The smallest absolute Gasteiger partial charge is 0.244 e. The van der Waals surface area contributed by atoms with Crippen molar-refractivity contribution in [3.8, 4) is 5.75 Å². The van der Waals surface area contributed by atoms with Gasteiger partial charge >= 0.3 is 0 Å². The molecular weight excluding hydrogens is 416 g/mol. The number of halogens is 1. The molecule has 2 heterocycles. The molecule has 9 nitrogen and oxygen atoms in total. The number of hydrogen-bond acceptors (Lipinski definition) is 7. The molecule has 1 amide bonds. The van der Waals surface area contributed by atoms with Crippen LogP contribution in [0.3, 0.4) is 0 Å². The van der Waals surface area contributed by atoms with Gasteiger partial charge in [-0.25, -0.2) is 4.68 Å². The summed E-state index contributed by atoms with van der Waals surface area (Å²) in [6.45, 7) is 1.88. The highest BCUT2D eigenvalue weighted by atomic mass is 35.5. The third-order valence-corrected chi connectivity index (χ3v) is 5.55. The molecule has 0 bridgehead atoms. The summed E-state index contributed by atoms with van der Waals surface area (Å²) in [5, 5.41) is 15.3. The van der Waals surface area contributed by atoms with E-state index < -0.39 is 0 Å². The molecule has 29 heavy (non-hydrogen) atoms. The molecule has 2 aromatic heterocycles. The van der Waals surface area contributed by atoms with Gasteiger partial charge < -0.3 is 14.6 Å². The van der Waals surface area contributed by atoms with E-state index in [0.29, 0.717) is 27.3 Å². The number of nitrogens with one attached hydrogen (secondary N) is 1. The van der Waals surface area contributed by atoms with Gasteiger partial charge in [-0.1, -0.05) is 29.4 Å². The Hall–Kier alpha value is -2.85. The Morgan fingerprint density at radius 2 is 2.14 bits per heavy atom. The van der Waals surface area contributed by atoms with Gasteiger partial charge in [0.05, 0.1) is 13.3 Å². The molecule has 0 spiro atoms. The quantitative estimate of drug-likeness (QED) is 0.569. The summed E-state index contributed by atoms with van der Waals surface area (Å²) in [6, 6.07) is 6.75. The molecule has 11 heteroatoms. The van der Waals surface area contributed by atoms with Gasteiger partial charge in [0, 0.05) is 35.3 Å². The Morgan fingerprint density at radius 3 is 2.79 bits per heavy atom. The summed E-state index contributed by atoms with van der Waals surface area (Å²) < 4.78 is 8.31. The number of rotatable bonds is 7. The van der Waals surface area contributed by atoms with Crippen LogP contribution in [0.5, 0.6) is 5.75 Å². The average Bonchev–Trinajstić information content (AvgIpc) is 3.09. The molecule has 152 valence electrons. The van der Waals surface area contributed by atoms with Crippen molar-refractivity contribution in [2.45, 2.75) is 24.4 Å². The van der Waals surface area contributed by atoms with E-state index in [1.54, 1.807) is 23.7 Å². The summed E-state index contributed by atoms with van der Waals surface area (Å²) in [5.74, 6) is 0.296. The molecule has 0 unspecified atom stereocenters. The first-order valence-corrected chi connectivity index (χ1v) is 9.92. The Kier molecular flexibility index (Phi) is 6.55. The van der Waals surface area contributed by atoms with Crippen molar-refractivity contribution in [2.24, 2.45) is 7.05 Å². The molecule has 0 saturated carbocycles. The first kappa shape index (κ1) is 20.9. The largest absolute Gasteiger partial charge is 0.491 e. The van der Waals surface area contributed by atoms with E-state index >= 15 is 0 Å². The minimum absolute atomic E-state index is 0.00487. The number of aromatic nitrogens is 5. The Bertz CT molecular complexity index is 1100. The number of ether oxygens (including phenoxy) is 1. The lowest BCUT2D eigenvalue weighted by molar-refractivity contribution is -0.116. The van der Waals surface area contributed by atoms with Gasteiger partial charge in [-0.05, 0) is 35.0 Å². The van der Waals surface area contributed by atoms with E-state index in [1.165, 1.54) is 35.8 Å². The number of carbonyl (C=O) groups is 1. The van der Waals surface area contributed by atoms with Gasteiger partial charge in [-0.2, -0.15) is 0 Å². The van der Waals surface area contributed by atoms with Crippen molar-refractivity contribution in [1.29, 1.82) is 0 Å². The number of nitrogens with zero attached hydrogens (tertiary/aromatic N) is 5. The Morgan fingerprint density at radius 1 is 1.34 bits per heavy atom. The number of benzene rings is 1. The van der Waals surface area contributed by atoms with E-state index in [2.05, 4.69) is 20.8 Å². The lowest BCUT2D eigenvalue weighted by atomic mass is 10.2. The number of amides is 1. The van der Waals surface area contributed by atoms with Crippen LogP contribution in [-0.2, 0) is 24.1 Å². The van der Waals surface area contributed by atoms with Crippen molar-refractivity contribution < 1.29 is 9.53 Å². The van der Waals surface area contributed by atoms with Crippen molar-refractivity contribution in [2.75, 3.05) is 12.4 Å². The summed E-state index contributed by atoms with van der Waals surface area (Å²) in [6.07, 6.45) is 1.52. The second kappa shape index (κ2) is 9.10. The van der Waals surface area contributed by atoms with E-state index in [-0.39, 0.29) is 23.6 Å². The number of thioether (sulfide) groups is 1. The van der Waals surface area contributed by atoms with E-state index in [0.717, 1.165) is 5.56 Å². The third kappa shape index (κ3) is 5.15. The summed E-state index contributed by atoms with van der Waals surface area (Å²) in [4.78, 5) is 24.8. The molecular formula is C18H19ClN6O3S. The Balaban J connectivity index is 1.80. The zero-order valence-electron chi connectivity index (χ0n) is 16.0. The fraction of sp³-hybridized carbons (Fsp3) is 0.278. The molecule has 1 N–H and O–H groups in total. The van der Waals surface area contributed by atoms with Gasteiger partial charge in [-0.3, -0.25) is 9.59 Å². The highest BCUT2D eigenvalue weighted by Crippen LogP contribution is 2.21. The van der Waals surface area contributed by atoms with Gasteiger partial charge in [-0.15, -0.1) is 5.10 Å². The van der Waals surface area contributed by atoms with E-state index in [1.807, 2.05) is 13.0 Å². The van der Waals surface area contributed by atoms with Crippen molar-refractivity contribution in [3.05, 3.63) is 57.0 Å². The molecule has 0 radical (unpaired) electrons. The van der Waals surface area contributed by atoms with Crippen LogP contribution in [0.25, 0.3) is 0 Å². The number of carbonyl (C=O) groups excluding carboxylic acids is 1. The van der Waals surface area contributed by atoms with Gasteiger partial charge in [0.1, 0.15) is 6.54 Å². The van der Waals surface area contributed by atoms with Gasteiger partial charge in [0.2, 0.25) is 16.5 Å². The number of methoxy groups -OCH3 is 1. The monoisotopic (exact) mass is 434 g/mol. The number of tetrazole rings is 1. The molecule has 0 saturated heterocycles. The predicted molar refractivity (Wildman–Crippen MR) is 110 cm³/mol. The van der Waals surface area contributed by atoms with Gasteiger partial charge in [0.25, 0.3) is 0 Å². The predicted octanol–water partition coefficient (Wildman–Crippen LogP) is 2.27. The topological polar surface area (TPSA) is 104 Å². The maximum Gasteiger partial charge on any atom is 0.244 e. The second-order valence-corrected chi connectivity index (χ2v) is 7.56. The molecule has 0 fully saturated rings. The number of pyridine rings is 1. The van der Waals surface area contributed by atoms with Crippen molar-refractivity contribution in [1.82, 2.24) is 24.8 Å². The molecule has 3 rings (SSSR count). The highest BCUT2D eigenvalue weighted by molar-refractivity contribution is 7.98. The van der Waals surface area contributed by atoms with Crippen LogP contribution in [0.2, 0.25) is 5.02 Å². The van der Waals surface area contributed by atoms with Crippen LogP contribution < -0.4 is 15.5 Å². The molecule has 3 aromatic rings. The normalized spacial score (nSPS) is 10.8. The SMILES string of the molecule is COc1cn(CC(=O)Nc2ccc(C)c(Cl)c2)c(CSc2nnnn2C)cc1=O. The molecule has 0 aliphatic rings. The second-order valence-electron chi connectivity index (χ2n) is 6.21. The maximum absolute atomic E-state index is 12.6. The summed E-state index contributed by atoms with van der Waals surface area (Å²) >= 11 is 7.47. The highest BCUT2D eigenvalue weighted by Gasteiger charge is 2.13. The van der Waals surface area contributed by atoms with Crippen LogP contribution in [0.4, 0.5) is 5.69 Å². The lowest BCUT2D eigenvalue weighted by Gasteiger charge is -2.15.